The van der Waals surface area contributed by atoms with E-state index in [1.807, 2.05) is 6.92 Å². The van der Waals surface area contributed by atoms with Crippen molar-refractivity contribution >= 4 is 28.5 Å². The van der Waals surface area contributed by atoms with E-state index in [1.54, 1.807) is 18.2 Å². The Balaban J connectivity index is 1.66. The number of carbonyl (C=O) groups excluding carboxylic acids is 1. The van der Waals surface area contributed by atoms with Crippen LogP contribution in [-0.2, 0) is 11.2 Å². The van der Waals surface area contributed by atoms with Gasteiger partial charge in [-0.2, -0.15) is 0 Å². The molecule has 1 aromatic carbocycles. The van der Waals surface area contributed by atoms with Crippen molar-refractivity contribution in [3.63, 3.8) is 0 Å². The summed E-state index contributed by atoms with van der Waals surface area (Å²) in [6.07, 6.45) is 1.67. The Morgan fingerprint density at radius 3 is 2.92 bits per heavy atom. The molecule has 1 fully saturated rings. The fraction of sp³-hybridized carbons (Fsp3) is 0.389. The van der Waals surface area contributed by atoms with E-state index in [-0.39, 0.29) is 18.4 Å². The quantitative estimate of drug-likeness (QED) is 0.854. The fourth-order valence-electron chi connectivity index (χ4n) is 2.99. The number of carboxylic acid groups (broad SMARTS) is 1. The lowest BCUT2D eigenvalue weighted by atomic mass is 9.99. The first-order chi connectivity index (χ1) is 12.4. The highest BCUT2D eigenvalue weighted by Crippen LogP contribution is 2.27. The number of carbonyl (C=O) groups is 2. The summed E-state index contributed by atoms with van der Waals surface area (Å²) in [6, 6.07) is 6.23. The van der Waals surface area contributed by atoms with Gasteiger partial charge in [0.2, 0.25) is 0 Å². The Morgan fingerprint density at radius 2 is 2.19 bits per heavy atom. The molecule has 0 spiro atoms. The largest absolute Gasteiger partial charge is 0.481 e. The van der Waals surface area contributed by atoms with Gasteiger partial charge in [-0.25, -0.2) is 14.2 Å². The van der Waals surface area contributed by atoms with Gasteiger partial charge in [-0.1, -0.05) is 18.2 Å². The second-order valence-electron chi connectivity index (χ2n) is 6.35. The Morgan fingerprint density at radius 1 is 1.42 bits per heavy atom. The first-order valence-corrected chi connectivity index (χ1v) is 9.24. The number of halogens is 1. The van der Waals surface area contributed by atoms with Crippen LogP contribution in [0.3, 0.4) is 0 Å². The molecular formula is C18H20FN3O3S. The summed E-state index contributed by atoms with van der Waals surface area (Å²) in [6.45, 7) is 2.55. The number of benzene rings is 1. The number of rotatable bonds is 4. The Hall–Kier alpha value is -2.48. The predicted octanol–water partition coefficient (Wildman–Crippen LogP) is 3.51. The number of urea groups is 1. The summed E-state index contributed by atoms with van der Waals surface area (Å²) in [5, 5.41) is 12.3. The lowest BCUT2D eigenvalue weighted by molar-refractivity contribution is -0.143. The minimum absolute atomic E-state index is 0.202. The number of aliphatic carboxylic acids is 1. The zero-order valence-electron chi connectivity index (χ0n) is 14.4. The second-order valence-corrected chi connectivity index (χ2v) is 7.43. The summed E-state index contributed by atoms with van der Waals surface area (Å²) >= 11 is 1.31. The molecule has 1 aliphatic heterocycles. The average molecular weight is 377 g/mol. The molecule has 8 heteroatoms. The summed E-state index contributed by atoms with van der Waals surface area (Å²) < 4.78 is 13.8. The lowest BCUT2D eigenvalue weighted by Crippen LogP contribution is -2.44. The molecule has 2 N–H and O–H groups in total. The van der Waals surface area contributed by atoms with Gasteiger partial charge in [0.05, 0.1) is 11.6 Å². The number of piperidine rings is 1. The minimum atomic E-state index is -0.875. The SMILES string of the molecule is Cc1nc(NC(=O)N2CCCC(C(=O)O)C2)sc1Cc1ccccc1F. The van der Waals surface area contributed by atoms with E-state index in [9.17, 15) is 14.0 Å². The van der Waals surface area contributed by atoms with Crippen LogP contribution < -0.4 is 5.32 Å². The Labute approximate surface area is 154 Å². The van der Waals surface area contributed by atoms with E-state index >= 15 is 0 Å². The summed E-state index contributed by atoms with van der Waals surface area (Å²) in [5.41, 5.74) is 1.33. The first-order valence-electron chi connectivity index (χ1n) is 8.42. The molecule has 0 saturated carbocycles. The molecule has 2 heterocycles. The maximum absolute atomic E-state index is 13.8. The summed E-state index contributed by atoms with van der Waals surface area (Å²) in [4.78, 5) is 30.3. The minimum Gasteiger partial charge on any atom is -0.481 e. The highest BCUT2D eigenvalue weighted by Gasteiger charge is 2.28. The molecule has 2 aromatic rings. The molecule has 1 unspecified atom stereocenters. The van der Waals surface area contributed by atoms with Crippen molar-refractivity contribution in [3.05, 3.63) is 46.2 Å². The van der Waals surface area contributed by atoms with Crippen LogP contribution in [0.15, 0.2) is 24.3 Å². The molecule has 1 aliphatic rings. The highest BCUT2D eigenvalue weighted by atomic mass is 32.1. The third-order valence-corrected chi connectivity index (χ3v) is 5.55. The third-order valence-electron chi connectivity index (χ3n) is 4.47. The van der Waals surface area contributed by atoms with Crippen molar-refractivity contribution in [2.75, 3.05) is 18.4 Å². The normalized spacial score (nSPS) is 17.2. The van der Waals surface area contributed by atoms with Gasteiger partial charge in [0, 0.05) is 24.4 Å². The van der Waals surface area contributed by atoms with Crippen LogP contribution in [0.5, 0.6) is 0 Å². The van der Waals surface area contributed by atoms with Gasteiger partial charge in [-0.05, 0) is 31.4 Å². The molecule has 1 saturated heterocycles. The van der Waals surface area contributed by atoms with Crippen molar-refractivity contribution < 1.29 is 19.1 Å². The number of thiazole rings is 1. The van der Waals surface area contributed by atoms with E-state index in [1.165, 1.54) is 22.3 Å². The number of likely N-dealkylation sites (tertiary alicyclic amines) is 1. The Bertz CT molecular complexity index is 824. The van der Waals surface area contributed by atoms with Gasteiger partial charge in [0.15, 0.2) is 5.13 Å². The average Bonchev–Trinajstić information content (AvgIpc) is 2.96. The Kier molecular flexibility index (Phi) is 5.51. The topological polar surface area (TPSA) is 82.5 Å². The van der Waals surface area contributed by atoms with Crippen molar-refractivity contribution in [1.29, 1.82) is 0 Å². The molecule has 2 amide bonds. The fourth-order valence-corrected chi connectivity index (χ4v) is 3.97. The molecule has 3 rings (SSSR count). The molecule has 138 valence electrons. The number of nitrogens with one attached hydrogen (secondary N) is 1. The van der Waals surface area contributed by atoms with Crippen molar-refractivity contribution in [3.8, 4) is 0 Å². The van der Waals surface area contributed by atoms with Crippen LogP contribution in [0.25, 0.3) is 0 Å². The monoisotopic (exact) mass is 377 g/mol. The number of nitrogens with zero attached hydrogens (tertiary/aromatic N) is 2. The predicted molar refractivity (Wildman–Crippen MR) is 97.0 cm³/mol. The van der Waals surface area contributed by atoms with E-state index in [2.05, 4.69) is 10.3 Å². The maximum atomic E-state index is 13.8. The first kappa shape index (κ1) is 18.3. The zero-order chi connectivity index (χ0) is 18.7. The van der Waals surface area contributed by atoms with Crippen LogP contribution in [-0.4, -0.2) is 40.1 Å². The van der Waals surface area contributed by atoms with Crippen LogP contribution in [0.4, 0.5) is 14.3 Å². The highest BCUT2D eigenvalue weighted by molar-refractivity contribution is 7.15. The van der Waals surface area contributed by atoms with Crippen LogP contribution in [0, 0.1) is 18.7 Å². The molecular weight excluding hydrogens is 357 g/mol. The standard InChI is InChI=1S/C18H20FN3O3S/c1-11-15(9-12-5-2-3-7-14(12)19)26-17(20-11)21-18(25)22-8-4-6-13(10-22)16(23)24/h2-3,5,7,13H,4,6,8-10H2,1H3,(H,23,24)(H,20,21,25). The number of hydrogen-bond acceptors (Lipinski definition) is 4. The molecule has 0 radical (unpaired) electrons. The lowest BCUT2D eigenvalue weighted by Gasteiger charge is -2.30. The molecule has 0 aliphatic carbocycles. The molecule has 1 aromatic heterocycles. The summed E-state index contributed by atoms with van der Waals surface area (Å²) in [5.74, 6) is -1.66. The zero-order valence-corrected chi connectivity index (χ0v) is 15.2. The van der Waals surface area contributed by atoms with Gasteiger partial charge in [0.1, 0.15) is 5.82 Å². The van der Waals surface area contributed by atoms with Gasteiger partial charge in [-0.3, -0.25) is 10.1 Å². The van der Waals surface area contributed by atoms with Gasteiger partial charge >= 0.3 is 12.0 Å². The number of aromatic nitrogens is 1. The van der Waals surface area contributed by atoms with Gasteiger partial charge in [0.25, 0.3) is 0 Å². The van der Waals surface area contributed by atoms with Crippen LogP contribution in [0.2, 0.25) is 0 Å². The van der Waals surface area contributed by atoms with Crippen molar-refractivity contribution in [2.45, 2.75) is 26.2 Å². The smallest absolute Gasteiger partial charge is 0.323 e. The number of anilines is 1. The van der Waals surface area contributed by atoms with Gasteiger partial charge < -0.3 is 10.0 Å². The van der Waals surface area contributed by atoms with Crippen molar-refractivity contribution in [2.24, 2.45) is 5.92 Å². The third kappa shape index (κ3) is 4.19. The number of amides is 2. The molecule has 26 heavy (non-hydrogen) atoms. The molecule has 1 atom stereocenters. The molecule has 0 bridgehead atoms. The second kappa shape index (κ2) is 7.82. The number of carboxylic acids is 1. The van der Waals surface area contributed by atoms with E-state index in [0.29, 0.717) is 36.5 Å². The van der Waals surface area contributed by atoms with Gasteiger partial charge in [-0.15, -0.1) is 11.3 Å². The van der Waals surface area contributed by atoms with E-state index in [4.69, 9.17) is 5.11 Å². The van der Waals surface area contributed by atoms with Crippen molar-refractivity contribution in [1.82, 2.24) is 9.88 Å². The van der Waals surface area contributed by atoms with E-state index < -0.39 is 11.9 Å². The number of aryl methyl sites for hydroxylation is 1. The maximum Gasteiger partial charge on any atom is 0.323 e. The van der Waals surface area contributed by atoms with E-state index in [0.717, 1.165) is 10.6 Å². The van der Waals surface area contributed by atoms with Crippen LogP contribution in [0.1, 0.15) is 29.0 Å². The molecule has 6 nitrogen and oxygen atoms in total. The summed E-state index contributed by atoms with van der Waals surface area (Å²) in [7, 11) is 0. The van der Waals surface area contributed by atoms with Crippen LogP contribution >= 0.6 is 11.3 Å². The number of hydrogen-bond donors (Lipinski definition) is 2.